The number of hydrogen-bond acceptors (Lipinski definition) is 5. The van der Waals surface area contributed by atoms with Gasteiger partial charge in [-0.15, -0.1) is 0 Å². The topological polar surface area (TPSA) is 90.7 Å². The smallest absolute Gasteiger partial charge is 0.258 e. The monoisotopic (exact) mass is 329 g/mol. The average Bonchev–Trinajstić information content (AvgIpc) is 2.64. The summed E-state index contributed by atoms with van der Waals surface area (Å²) in [6.45, 7) is 1.99. The number of nitriles is 1. The third-order valence-corrected chi connectivity index (χ3v) is 3.56. The van der Waals surface area contributed by atoms with E-state index in [0.717, 1.165) is 11.3 Å². The summed E-state index contributed by atoms with van der Waals surface area (Å²) in [5.74, 6) is 0.0786. The van der Waals surface area contributed by atoms with Gasteiger partial charge in [-0.1, -0.05) is 24.3 Å². The Balaban J connectivity index is 1.70. The third-order valence-electron chi connectivity index (χ3n) is 3.56. The van der Waals surface area contributed by atoms with Crippen LogP contribution in [0.15, 0.2) is 60.9 Å². The van der Waals surface area contributed by atoms with Crippen molar-refractivity contribution in [2.24, 2.45) is 0 Å². The van der Waals surface area contributed by atoms with Crippen LogP contribution in [0.3, 0.4) is 0 Å². The Bertz CT molecular complexity index is 945. The van der Waals surface area contributed by atoms with E-state index in [4.69, 9.17) is 5.26 Å². The number of carbonyl (C=O) groups excluding carboxylic acids is 1. The van der Waals surface area contributed by atoms with Gasteiger partial charge in [0.05, 0.1) is 17.2 Å². The van der Waals surface area contributed by atoms with Crippen LogP contribution in [-0.2, 0) is 0 Å². The van der Waals surface area contributed by atoms with Crippen molar-refractivity contribution >= 4 is 23.2 Å². The lowest BCUT2D eigenvalue weighted by Gasteiger charge is -2.08. The normalized spacial score (nSPS) is 9.92. The van der Waals surface area contributed by atoms with Crippen molar-refractivity contribution in [1.29, 1.82) is 5.26 Å². The summed E-state index contributed by atoms with van der Waals surface area (Å²) in [7, 11) is 0. The fraction of sp³-hybridized carbons (Fsp3) is 0.0526. The Kier molecular flexibility index (Phi) is 4.67. The molecule has 0 aliphatic heterocycles. The molecule has 0 aliphatic rings. The average molecular weight is 329 g/mol. The van der Waals surface area contributed by atoms with Crippen LogP contribution < -0.4 is 10.6 Å². The van der Waals surface area contributed by atoms with Crippen LogP contribution in [0.5, 0.6) is 0 Å². The number of anilines is 3. The summed E-state index contributed by atoms with van der Waals surface area (Å²) >= 11 is 0. The van der Waals surface area contributed by atoms with Gasteiger partial charge in [0.2, 0.25) is 5.95 Å². The molecule has 3 rings (SSSR count). The number of rotatable bonds is 4. The summed E-state index contributed by atoms with van der Waals surface area (Å²) in [5.41, 5.74) is 3.34. The Morgan fingerprint density at radius 2 is 1.84 bits per heavy atom. The molecule has 0 fully saturated rings. The molecule has 2 aromatic carbocycles. The van der Waals surface area contributed by atoms with Crippen LogP contribution in [0.4, 0.5) is 17.3 Å². The summed E-state index contributed by atoms with van der Waals surface area (Å²) in [5, 5.41) is 14.7. The predicted molar refractivity (Wildman–Crippen MR) is 95.6 cm³/mol. The maximum atomic E-state index is 12.2. The Morgan fingerprint density at radius 1 is 1.08 bits per heavy atom. The van der Waals surface area contributed by atoms with Gasteiger partial charge in [-0.25, -0.2) is 9.97 Å². The van der Waals surface area contributed by atoms with Gasteiger partial charge >= 0.3 is 0 Å². The van der Waals surface area contributed by atoms with Crippen LogP contribution in [0.1, 0.15) is 21.5 Å². The fourth-order valence-corrected chi connectivity index (χ4v) is 2.21. The van der Waals surface area contributed by atoms with E-state index in [1.807, 2.05) is 37.3 Å². The second-order valence-corrected chi connectivity index (χ2v) is 5.38. The number of benzene rings is 2. The molecule has 0 aliphatic carbocycles. The Hall–Kier alpha value is -3.72. The summed E-state index contributed by atoms with van der Waals surface area (Å²) in [4.78, 5) is 20.6. The minimum Gasteiger partial charge on any atom is -0.324 e. The van der Waals surface area contributed by atoms with E-state index in [9.17, 15) is 4.79 Å². The third kappa shape index (κ3) is 3.98. The van der Waals surface area contributed by atoms with E-state index in [1.165, 1.54) is 12.4 Å². The molecule has 1 amide bonds. The molecule has 1 aromatic heterocycles. The molecule has 0 saturated heterocycles. The van der Waals surface area contributed by atoms with Crippen molar-refractivity contribution in [3.8, 4) is 6.07 Å². The van der Waals surface area contributed by atoms with Crippen molar-refractivity contribution in [2.75, 3.05) is 10.6 Å². The number of aromatic nitrogens is 2. The lowest BCUT2D eigenvalue weighted by atomic mass is 10.2. The first-order chi connectivity index (χ1) is 12.2. The van der Waals surface area contributed by atoms with Crippen molar-refractivity contribution in [3.05, 3.63) is 77.6 Å². The van der Waals surface area contributed by atoms with E-state index in [0.29, 0.717) is 22.8 Å². The van der Waals surface area contributed by atoms with Crippen LogP contribution in [-0.4, -0.2) is 15.9 Å². The molecular formula is C19H15N5O. The van der Waals surface area contributed by atoms with Crippen LogP contribution in [0, 0.1) is 18.3 Å². The number of hydrogen-bond donors (Lipinski definition) is 2. The van der Waals surface area contributed by atoms with E-state index >= 15 is 0 Å². The second kappa shape index (κ2) is 7.23. The SMILES string of the molecule is Cc1ccccc1Nc1ncc(C(=O)Nc2cccc(C#N)c2)cn1. The molecule has 3 aromatic rings. The largest absolute Gasteiger partial charge is 0.324 e. The first-order valence-electron chi connectivity index (χ1n) is 7.62. The number of amides is 1. The highest BCUT2D eigenvalue weighted by atomic mass is 16.1. The standard InChI is InChI=1S/C19H15N5O/c1-13-5-2-3-8-17(13)24-19-21-11-15(12-22-19)18(25)23-16-7-4-6-14(9-16)10-20/h2-9,11-12H,1H3,(H,23,25)(H,21,22,24). The van der Waals surface area contributed by atoms with E-state index in [1.54, 1.807) is 24.3 Å². The van der Waals surface area contributed by atoms with Crippen LogP contribution in [0.2, 0.25) is 0 Å². The van der Waals surface area contributed by atoms with E-state index in [2.05, 4.69) is 20.6 Å². The van der Waals surface area contributed by atoms with Crippen molar-refractivity contribution in [1.82, 2.24) is 9.97 Å². The maximum Gasteiger partial charge on any atom is 0.258 e. The molecule has 0 bridgehead atoms. The highest BCUT2D eigenvalue weighted by molar-refractivity contribution is 6.04. The number of nitrogens with one attached hydrogen (secondary N) is 2. The minimum absolute atomic E-state index is 0.331. The highest BCUT2D eigenvalue weighted by Crippen LogP contribution is 2.17. The summed E-state index contributed by atoms with van der Waals surface area (Å²) in [6, 6.07) is 16.5. The lowest BCUT2D eigenvalue weighted by Crippen LogP contribution is -2.13. The van der Waals surface area contributed by atoms with E-state index in [-0.39, 0.29) is 5.91 Å². The molecule has 25 heavy (non-hydrogen) atoms. The fourth-order valence-electron chi connectivity index (χ4n) is 2.21. The van der Waals surface area contributed by atoms with Crippen LogP contribution in [0.25, 0.3) is 0 Å². The first-order valence-corrected chi connectivity index (χ1v) is 7.62. The predicted octanol–water partition coefficient (Wildman–Crippen LogP) is 3.65. The van der Waals surface area contributed by atoms with Gasteiger partial charge in [-0.05, 0) is 36.8 Å². The van der Waals surface area contributed by atoms with Gasteiger partial charge in [0.1, 0.15) is 0 Å². The maximum absolute atomic E-state index is 12.2. The van der Waals surface area contributed by atoms with Gasteiger partial charge in [0, 0.05) is 23.8 Å². The second-order valence-electron chi connectivity index (χ2n) is 5.38. The van der Waals surface area contributed by atoms with Crippen molar-refractivity contribution in [3.63, 3.8) is 0 Å². The summed E-state index contributed by atoms with van der Waals surface area (Å²) in [6.07, 6.45) is 2.91. The first kappa shape index (κ1) is 16.1. The van der Waals surface area contributed by atoms with Gasteiger partial charge in [-0.2, -0.15) is 5.26 Å². The molecule has 0 atom stereocenters. The molecule has 6 heteroatoms. The minimum atomic E-state index is -0.336. The van der Waals surface area contributed by atoms with Gasteiger partial charge in [0.15, 0.2) is 0 Å². The number of nitrogens with zero attached hydrogens (tertiary/aromatic N) is 3. The van der Waals surface area contributed by atoms with Crippen LogP contribution >= 0.6 is 0 Å². The van der Waals surface area contributed by atoms with Crippen molar-refractivity contribution < 1.29 is 4.79 Å². The Labute approximate surface area is 145 Å². The molecule has 0 radical (unpaired) electrons. The lowest BCUT2D eigenvalue weighted by molar-refractivity contribution is 0.102. The van der Waals surface area contributed by atoms with E-state index < -0.39 is 0 Å². The zero-order valence-electron chi connectivity index (χ0n) is 13.5. The van der Waals surface area contributed by atoms with Gasteiger partial charge in [-0.3, -0.25) is 4.79 Å². The molecule has 122 valence electrons. The van der Waals surface area contributed by atoms with Crippen molar-refractivity contribution in [2.45, 2.75) is 6.92 Å². The highest BCUT2D eigenvalue weighted by Gasteiger charge is 2.08. The molecule has 0 unspecified atom stereocenters. The zero-order valence-corrected chi connectivity index (χ0v) is 13.5. The molecule has 0 spiro atoms. The molecule has 6 nitrogen and oxygen atoms in total. The Morgan fingerprint density at radius 3 is 2.56 bits per heavy atom. The number of carbonyl (C=O) groups is 1. The number of para-hydroxylation sites is 1. The molecular weight excluding hydrogens is 314 g/mol. The molecule has 2 N–H and O–H groups in total. The van der Waals surface area contributed by atoms with Gasteiger partial charge < -0.3 is 10.6 Å². The number of aryl methyl sites for hydroxylation is 1. The zero-order chi connectivity index (χ0) is 17.6. The molecule has 0 saturated carbocycles. The molecule has 1 heterocycles. The quantitative estimate of drug-likeness (QED) is 0.762. The van der Waals surface area contributed by atoms with Gasteiger partial charge in [0.25, 0.3) is 5.91 Å². The summed E-state index contributed by atoms with van der Waals surface area (Å²) < 4.78 is 0.